The fourth-order valence-electron chi connectivity index (χ4n) is 3.71. The smallest absolute Gasteiger partial charge is 0.274 e. The molecule has 27 heavy (non-hydrogen) atoms. The topological polar surface area (TPSA) is 104 Å². The van der Waals surface area contributed by atoms with E-state index >= 15 is 0 Å². The fourth-order valence-corrected chi connectivity index (χ4v) is 3.71. The second kappa shape index (κ2) is 6.96. The van der Waals surface area contributed by atoms with E-state index in [1.165, 1.54) is 4.57 Å². The molecule has 0 bridgehead atoms. The first-order chi connectivity index (χ1) is 13.1. The summed E-state index contributed by atoms with van der Waals surface area (Å²) in [5.74, 6) is 0.339. The van der Waals surface area contributed by atoms with E-state index in [2.05, 4.69) is 10.2 Å². The van der Waals surface area contributed by atoms with Crippen LogP contribution in [0.25, 0.3) is 10.9 Å². The fraction of sp³-hybridized carbons (Fsp3) is 0.368. The number of para-hydroxylation sites is 1. The quantitative estimate of drug-likeness (QED) is 0.725. The third-order valence-corrected chi connectivity index (χ3v) is 4.95. The number of rotatable bonds is 4. The molecule has 1 aliphatic heterocycles. The lowest BCUT2D eigenvalue weighted by Crippen LogP contribution is -2.36. The van der Waals surface area contributed by atoms with Gasteiger partial charge in [0.05, 0.1) is 30.1 Å². The Labute approximate surface area is 155 Å². The lowest BCUT2D eigenvalue weighted by Gasteiger charge is -2.26. The highest BCUT2D eigenvalue weighted by Crippen LogP contribution is 2.32. The highest BCUT2D eigenvalue weighted by atomic mass is 16.3. The number of aliphatic hydroxyl groups excluding tert-OH is 1. The van der Waals surface area contributed by atoms with E-state index in [0.29, 0.717) is 35.4 Å². The van der Waals surface area contributed by atoms with Gasteiger partial charge in [-0.05, 0) is 38.0 Å². The predicted molar refractivity (Wildman–Crippen MR) is 99.4 cm³/mol. The summed E-state index contributed by atoms with van der Waals surface area (Å²) in [6.45, 7) is 2.39. The zero-order chi connectivity index (χ0) is 19.0. The Hall–Kier alpha value is -3.00. The van der Waals surface area contributed by atoms with Gasteiger partial charge < -0.3 is 10.0 Å². The van der Waals surface area contributed by atoms with Crippen molar-refractivity contribution in [3.63, 3.8) is 0 Å². The van der Waals surface area contributed by atoms with Gasteiger partial charge in [-0.15, -0.1) is 0 Å². The zero-order valence-corrected chi connectivity index (χ0v) is 15.1. The summed E-state index contributed by atoms with van der Waals surface area (Å²) in [6.07, 6.45) is 1.53. The molecule has 3 aromatic rings. The van der Waals surface area contributed by atoms with Crippen molar-refractivity contribution >= 4 is 16.8 Å². The molecule has 1 saturated heterocycles. The lowest BCUT2D eigenvalue weighted by molar-refractivity contribution is 0.0720. The van der Waals surface area contributed by atoms with Gasteiger partial charge in [0.1, 0.15) is 11.5 Å². The molecule has 1 amide bonds. The van der Waals surface area contributed by atoms with Crippen LogP contribution >= 0.6 is 0 Å². The maximum Gasteiger partial charge on any atom is 0.274 e. The van der Waals surface area contributed by atoms with Gasteiger partial charge in [-0.2, -0.15) is 5.10 Å². The average Bonchev–Trinajstić information content (AvgIpc) is 3.32. The van der Waals surface area contributed by atoms with Gasteiger partial charge in [-0.3, -0.25) is 19.3 Å². The van der Waals surface area contributed by atoms with E-state index in [4.69, 9.17) is 4.98 Å². The molecule has 1 aliphatic rings. The van der Waals surface area contributed by atoms with Crippen LogP contribution in [0.5, 0.6) is 0 Å². The SMILES string of the molecule is Cc1cc(C(=O)N2CCCC2c2nc3ccccc3c(=O)n2CCO)n[nH]1. The maximum atomic E-state index is 12.9. The summed E-state index contributed by atoms with van der Waals surface area (Å²) in [5, 5.41) is 16.8. The van der Waals surface area contributed by atoms with Gasteiger partial charge >= 0.3 is 0 Å². The van der Waals surface area contributed by atoms with Crippen molar-refractivity contribution in [3.05, 3.63) is 57.9 Å². The number of carbonyl (C=O) groups excluding carboxylic acids is 1. The van der Waals surface area contributed by atoms with Crippen LogP contribution in [0.2, 0.25) is 0 Å². The van der Waals surface area contributed by atoms with Crippen LogP contribution in [0.3, 0.4) is 0 Å². The second-order valence-electron chi connectivity index (χ2n) is 6.76. The van der Waals surface area contributed by atoms with Gasteiger partial charge in [-0.1, -0.05) is 12.1 Å². The molecule has 0 radical (unpaired) electrons. The Morgan fingerprint density at radius 1 is 1.37 bits per heavy atom. The molecule has 0 saturated carbocycles. The van der Waals surface area contributed by atoms with Crippen LogP contribution in [-0.2, 0) is 6.54 Å². The Balaban J connectivity index is 1.81. The van der Waals surface area contributed by atoms with Gasteiger partial charge in [0.15, 0.2) is 0 Å². The van der Waals surface area contributed by atoms with E-state index < -0.39 is 0 Å². The highest BCUT2D eigenvalue weighted by Gasteiger charge is 2.34. The monoisotopic (exact) mass is 367 g/mol. The van der Waals surface area contributed by atoms with E-state index in [1.54, 1.807) is 29.2 Å². The summed E-state index contributed by atoms with van der Waals surface area (Å²) >= 11 is 0. The lowest BCUT2D eigenvalue weighted by atomic mass is 10.1. The number of nitrogens with zero attached hydrogens (tertiary/aromatic N) is 4. The molecule has 3 heterocycles. The molecular weight excluding hydrogens is 346 g/mol. The third kappa shape index (κ3) is 3.02. The number of fused-ring (bicyclic) bond motifs is 1. The van der Waals surface area contributed by atoms with Gasteiger partial charge in [0, 0.05) is 12.2 Å². The summed E-state index contributed by atoms with van der Waals surface area (Å²) in [7, 11) is 0. The minimum absolute atomic E-state index is 0.145. The number of amides is 1. The maximum absolute atomic E-state index is 12.9. The predicted octanol–water partition coefficient (Wildman–Crippen LogP) is 1.40. The standard InChI is InChI=1S/C19H21N5O3/c1-12-11-15(22-21-12)19(27)23-8-4-7-16(23)17-20-14-6-3-2-5-13(14)18(26)24(17)9-10-25/h2-3,5-6,11,16,25H,4,7-10H2,1H3,(H,21,22). The molecule has 0 aliphatic carbocycles. The van der Waals surface area contributed by atoms with E-state index in [9.17, 15) is 14.7 Å². The average molecular weight is 367 g/mol. The Morgan fingerprint density at radius 3 is 2.93 bits per heavy atom. The molecule has 8 heteroatoms. The first kappa shape index (κ1) is 17.4. The first-order valence-corrected chi connectivity index (χ1v) is 9.03. The summed E-state index contributed by atoms with van der Waals surface area (Å²) in [5.41, 5.74) is 1.58. The molecule has 1 aromatic carbocycles. The van der Waals surface area contributed by atoms with E-state index in [1.807, 2.05) is 13.0 Å². The van der Waals surface area contributed by atoms with Crippen LogP contribution in [0, 0.1) is 6.92 Å². The summed E-state index contributed by atoms with van der Waals surface area (Å²) in [4.78, 5) is 32.3. The Kier molecular flexibility index (Phi) is 4.49. The van der Waals surface area contributed by atoms with Crippen molar-refractivity contribution in [2.24, 2.45) is 0 Å². The van der Waals surface area contributed by atoms with Crippen molar-refractivity contribution in [2.75, 3.05) is 13.2 Å². The van der Waals surface area contributed by atoms with Crippen molar-refractivity contribution in [1.82, 2.24) is 24.6 Å². The van der Waals surface area contributed by atoms with Crippen LogP contribution in [-0.4, -0.2) is 48.8 Å². The molecular formula is C19H21N5O3. The number of nitrogens with one attached hydrogen (secondary N) is 1. The summed E-state index contributed by atoms with van der Waals surface area (Å²) < 4.78 is 1.49. The number of aromatic amines is 1. The minimum atomic E-state index is -0.321. The van der Waals surface area contributed by atoms with Crippen LogP contribution in [0.4, 0.5) is 0 Å². The van der Waals surface area contributed by atoms with Crippen molar-refractivity contribution < 1.29 is 9.90 Å². The number of hydrogen-bond acceptors (Lipinski definition) is 5. The van der Waals surface area contributed by atoms with Gasteiger partial charge in [0.2, 0.25) is 0 Å². The number of carbonyl (C=O) groups is 1. The molecule has 1 atom stereocenters. The number of H-pyrrole nitrogens is 1. The van der Waals surface area contributed by atoms with Gasteiger partial charge in [-0.25, -0.2) is 4.98 Å². The normalized spacial score (nSPS) is 17.0. The van der Waals surface area contributed by atoms with Crippen LogP contribution in [0.1, 0.15) is 40.9 Å². The van der Waals surface area contributed by atoms with E-state index in [-0.39, 0.29) is 30.7 Å². The third-order valence-electron chi connectivity index (χ3n) is 4.95. The van der Waals surface area contributed by atoms with Gasteiger partial charge in [0.25, 0.3) is 11.5 Å². The minimum Gasteiger partial charge on any atom is -0.395 e. The molecule has 1 fully saturated rings. The number of hydrogen-bond donors (Lipinski definition) is 2. The molecule has 0 spiro atoms. The number of aliphatic hydroxyl groups is 1. The van der Waals surface area contributed by atoms with Crippen molar-refractivity contribution in [1.29, 1.82) is 0 Å². The molecule has 2 N–H and O–H groups in total. The molecule has 1 unspecified atom stereocenters. The van der Waals surface area contributed by atoms with Crippen LogP contribution in [0.15, 0.2) is 35.1 Å². The van der Waals surface area contributed by atoms with E-state index in [0.717, 1.165) is 12.1 Å². The van der Waals surface area contributed by atoms with Crippen molar-refractivity contribution in [2.45, 2.75) is 32.4 Å². The molecule has 140 valence electrons. The Morgan fingerprint density at radius 2 is 2.19 bits per heavy atom. The molecule has 8 nitrogen and oxygen atoms in total. The highest BCUT2D eigenvalue weighted by molar-refractivity contribution is 5.92. The number of aromatic nitrogens is 4. The largest absolute Gasteiger partial charge is 0.395 e. The Bertz CT molecular complexity index is 1050. The molecule has 2 aromatic heterocycles. The second-order valence-corrected chi connectivity index (χ2v) is 6.76. The summed E-state index contributed by atoms with van der Waals surface area (Å²) in [6, 6.07) is 8.54. The molecule has 4 rings (SSSR count). The first-order valence-electron chi connectivity index (χ1n) is 9.03. The number of aryl methyl sites for hydroxylation is 1. The number of likely N-dealkylation sites (tertiary alicyclic amines) is 1. The van der Waals surface area contributed by atoms with Crippen LogP contribution < -0.4 is 5.56 Å². The zero-order valence-electron chi connectivity index (χ0n) is 15.1. The van der Waals surface area contributed by atoms with Crippen molar-refractivity contribution in [3.8, 4) is 0 Å². The number of benzene rings is 1.